The van der Waals surface area contributed by atoms with Crippen molar-refractivity contribution in [2.24, 2.45) is 0 Å². The van der Waals surface area contributed by atoms with Gasteiger partial charge in [0.1, 0.15) is 5.82 Å². The van der Waals surface area contributed by atoms with Gasteiger partial charge in [0.2, 0.25) is 10.0 Å². The van der Waals surface area contributed by atoms with Gasteiger partial charge in [-0.15, -0.1) is 0 Å². The SMILES string of the molecule is CCN(C(=O)c1ccc2c(c1)N(S(C)(=O)=O)CC2)c1ccc(F)cc1. The Morgan fingerprint density at radius 3 is 2.48 bits per heavy atom. The fraction of sp³-hybridized carbons (Fsp3) is 0.278. The van der Waals surface area contributed by atoms with E-state index in [0.717, 1.165) is 11.8 Å². The number of amides is 1. The van der Waals surface area contributed by atoms with Gasteiger partial charge in [0, 0.05) is 24.3 Å². The highest BCUT2D eigenvalue weighted by molar-refractivity contribution is 7.92. The number of carbonyl (C=O) groups excluding carboxylic acids is 1. The molecule has 0 atom stereocenters. The van der Waals surface area contributed by atoms with E-state index in [1.165, 1.54) is 21.3 Å². The van der Waals surface area contributed by atoms with E-state index < -0.39 is 10.0 Å². The van der Waals surface area contributed by atoms with Gasteiger partial charge in [0.05, 0.1) is 11.9 Å². The summed E-state index contributed by atoms with van der Waals surface area (Å²) in [4.78, 5) is 14.4. The van der Waals surface area contributed by atoms with E-state index in [-0.39, 0.29) is 11.7 Å². The molecule has 2 aromatic carbocycles. The molecule has 0 aromatic heterocycles. The Morgan fingerprint density at radius 2 is 1.88 bits per heavy atom. The Balaban J connectivity index is 1.96. The molecule has 2 aromatic rings. The fourth-order valence-corrected chi connectivity index (χ4v) is 4.00. The molecule has 1 heterocycles. The minimum absolute atomic E-state index is 0.253. The van der Waals surface area contributed by atoms with Crippen LogP contribution in [0.15, 0.2) is 42.5 Å². The van der Waals surface area contributed by atoms with Crippen LogP contribution < -0.4 is 9.21 Å². The second-order valence-electron chi connectivity index (χ2n) is 5.95. The number of halogens is 1. The lowest BCUT2D eigenvalue weighted by Gasteiger charge is -2.22. The summed E-state index contributed by atoms with van der Waals surface area (Å²) in [5.41, 5.74) is 2.46. The van der Waals surface area contributed by atoms with Crippen LogP contribution in [0.25, 0.3) is 0 Å². The number of rotatable bonds is 4. The van der Waals surface area contributed by atoms with Gasteiger partial charge in [0.25, 0.3) is 5.91 Å². The Kier molecular flexibility index (Phi) is 4.51. The first-order chi connectivity index (χ1) is 11.8. The van der Waals surface area contributed by atoms with Crippen LogP contribution in [-0.2, 0) is 16.4 Å². The van der Waals surface area contributed by atoms with Crippen LogP contribution >= 0.6 is 0 Å². The number of hydrogen-bond donors (Lipinski definition) is 0. The molecule has 0 saturated heterocycles. The van der Waals surface area contributed by atoms with Gasteiger partial charge in [-0.3, -0.25) is 9.10 Å². The molecule has 0 N–H and O–H groups in total. The number of fused-ring (bicyclic) bond motifs is 1. The Bertz CT molecular complexity index is 910. The minimum Gasteiger partial charge on any atom is -0.309 e. The van der Waals surface area contributed by atoms with Gasteiger partial charge in [-0.1, -0.05) is 6.07 Å². The van der Waals surface area contributed by atoms with Crippen molar-refractivity contribution in [2.45, 2.75) is 13.3 Å². The zero-order chi connectivity index (χ0) is 18.2. The first-order valence-electron chi connectivity index (χ1n) is 7.99. The zero-order valence-corrected chi connectivity index (χ0v) is 14.9. The lowest BCUT2D eigenvalue weighted by molar-refractivity contribution is 0.0988. The van der Waals surface area contributed by atoms with Crippen LogP contribution in [0.1, 0.15) is 22.8 Å². The highest BCUT2D eigenvalue weighted by Gasteiger charge is 2.27. The minimum atomic E-state index is -3.37. The van der Waals surface area contributed by atoms with Crippen LogP contribution in [-0.4, -0.2) is 33.7 Å². The van der Waals surface area contributed by atoms with Crippen molar-refractivity contribution in [2.75, 3.05) is 28.6 Å². The van der Waals surface area contributed by atoms with E-state index in [1.807, 2.05) is 6.92 Å². The molecule has 0 aliphatic carbocycles. The third kappa shape index (κ3) is 3.37. The average Bonchev–Trinajstić information content (AvgIpc) is 3.00. The van der Waals surface area contributed by atoms with E-state index in [4.69, 9.17) is 0 Å². The summed E-state index contributed by atoms with van der Waals surface area (Å²) in [6, 6.07) is 10.8. The van der Waals surface area contributed by atoms with Gasteiger partial charge in [-0.25, -0.2) is 12.8 Å². The first-order valence-corrected chi connectivity index (χ1v) is 9.84. The number of sulfonamides is 1. The summed E-state index contributed by atoms with van der Waals surface area (Å²) in [7, 11) is -3.37. The maximum atomic E-state index is 13.1. The lowest BCUT2D eigenvalue weighted by atomic mass is 10.1. The highest BCUT2D eigenvalue weighted by Crippen LogP contribution is 2.31. The molecule has 0 saturated carbocycles. The van der Waals surface area contributed by atoms with E-state index in [0.29, 0.717) is 36.4 Å². The van der Waals surface area contributed by atoms with E-state index in [9.17, 15) is 17.6 Å². The maximum Gasteiger partial charge on any atom is 0.258 e. The monoisotopic (exact) mass is 362 g/mol. The zero-order valence-electron chi connectivity index (χ0n) is 14.1. The van der Waals surface area contributed by atoms with E-state index >= 15 is 0 Å². The van der Waals surface area contributed by atoms with Crippen LogP contribution in [0.5, 0.6) is 0 Å². The first kappa shape index (κ1) is 17.4. The average molecular weight is 362 g/mol. The molecule has 1 amide bonds. The molecule has 0 bridgehead atoms. The molecule has 7 heteroatoms. The third-order valence-electron chi connectivity index (χ3n) is 4.29. The second kappa shape index (κ2) is 6.48. The van der Waals surface area contributed by atoms with Crippen LogP contribution in [0.4, 0.5) is 15.8 Å². The van der Waals surface area contributed by atoms with E-state index in [1.54, 1.807) is 30.3 Å². The molecular formula is C18H19FN2O3S. The maximum absolute atomic E-state index is 13.1. The number of benzene rings is 2. The normalized spacial score (nSPS) is 13.6. The van der Waals surface area contributed by atoms with Crippen molar-refractivity contribution in [3.8, 4) is 0 Å². The third-order valence-corrected chi connectivity index (χ3v) is 5.47. The molecule has 1 aliphatic rings. The second-order valence-corrected chi connectivity index (χ2v) is 7.86. The topological polar surface area (TPSA) is 57.7 Å². The highest BCUT2D eigenvalue weighted by atomic mass is 32.2. The summed E-state index contributed by atoms with van der Waals surface area (Å²) < 4.78 is 38.3. The molecular weight excluding hydrogens is 343 g/mol. The summed E-state index contributed by atoms with van der Waals surface area (Å²) in [6.45, 7) is 2.63. The smallest absolute Gasteiger partial charge is 0.258 e. The van der Waals surface area contributed by atoms with Crippen LogP contribution in [0.2, 0.25) is 0 Å². The Labute approximate surface area is 146 Å². The molecule has 3 rings (SSSR count). The predicted octanol–water partition coefficient (Wildman–Crippen LogP) is 2.81. The molecule has 5 nitrogen and oxygen atoms in total. The van der Waals surface area contributed by atoms with Crippen LogP contribution in [0, 0.1) is 5.82 Å². The number of carbonyl (C=O) groups is 1. The van der Waals surface area contributed by atoms with Crippen molar-refractivity contribution in [3.05, 3.63) is 59.4 Å². The molecule has 0 fully saturated rings. The summed E-state index contributed by atoms with van der Waals surface area (Å²) in [5.74, 6) is -0.620. The fourth-order valence-electron chi connectivity index (χ4n) is 3.05. The van der Waals surface area contributed by atoms with Gasteiger partial charge in [-0.05, 0) is 55.3 Å². The number of anilines is 2. The standard InChI is InChI=1S/C18H19FN2O3S/c1-3-20(16-8-6-15(19)7-9-16)18(22)14-5-4-13-10-11-21(17(13)12-14)25(2,23)24/h4-9,12H,3,10-11H2,1-2H3. The van der Waals surface area contributed by atoms with Crippen molar-refractivity contribution in [3.63, 3.8) is 0 Å². The van der Waals surface area contributed by atoms with Crippen molar-refractivity contribution < 1.29 is 17.6 Å². The molecule has 0 radical (unpaired) electrons. The van der Waals surface area contributed by atoms with E-state index in [2.05, 4.69) is 0 Å². The number of hydrogen-bond acceptors (Lipinski definition) is 3. The van der Waals surface area contributed by atoms with Crippen molar-refractivity contribution in [1.82, 2.24) is 0 Å². The Morgan fingerprint density at radius 1 is 1.20 bits per heavy atom. The predicted molar refractivity (Wildman–Crippen MR) is 96.1 cm³/mol. The molecule has 25 heavy (non-hydrogen) atoms. The van der Waals surface area contributed by atoms with Crippen molar-refractivity contribution in [1.29, 1.82) is 0 Å². The van der Waals surface area contributed by atoms with Gasteiger partial charge >= 0.3 is 0 Å². The van der Waals surface area contributed by atoms with Crippen LogP contribution in [0.3, 0.4) is 0 Å². The molecule has 132 valence electrons. The van der Waals surface area contributed by atoms with Gasteiger partial charge in [-0.2, -0.15) is 0 Å². The molecule has 0 unspecified atom stereocenters. The van der Waals surface area contributed by atoms with Gasteiger partial charge in [0.15, 0.2) is 0 Å². The summed E-state index contributed by atoms with van der Waals surface area (Å²) in [6.07, 6.45) is 1.79. The lowest BCUT2D eigenvalue weighted by Crippen LogP contribution is -2.31. The Hall–Kier alpha value is -2.41. The molecule has 0 spiro atoms. The quantitative estimate of drug-likeness (QED) is 0.840. The number of nitrogens with zero attached hydrogens (tertiary/aromatic N) is 2. The summed E-state index contributed by atoms with van der Waals surface area (Å²) >= 11 is 0. The van der Waals surface area contributed by atoms with Crippen molar-refractivity contribution >= 4 is 27.3 Å². The molecule has 1 aliphatic heterocycles. The largest absolute Gasteiger partial charge is 0.309 e. The van der Waals surface area contributed by atoms with Gasteiger partial charge < -0.3 is 4.90 Å². The summed E-state index contributed by atoms with van der Waals surface area (Å²) in [5, 5.41) is 0.